The van der Waals surface area contributed by atoms with E-state index < -0.39 is 0 Å². The topological polar surface area (TPSA) is 66.6 Å². The zero-order valence-corrected chi connectivity index (χ0v) is 14.2. The summed E-state index contributed by atoms with van der Waals surface area (Å²) >= 11 is 0. The van der Waals surface area contributed by atoms with Gasteiger partial charge in [0, 0.05) is 10.9 Å². The molecule has 5 heteroatoms. The first-order chi connectivity index (χ1) is 11.6. The van der Waals surface area contributed by atoms with Gasteiger partial charge in [0.25, 0.3) is 0 Å². The molecule has 24 heavy (non-hydrogen) atoms. The maximum atomic E-state index is 6.14. The zero-order chi connectivity index (χ0) is 17.3. The minimum atomic E-state index is 0.497. The fraction of sp³-hybridized carbons (Fsp3) is 0.211. The molecule has 0 aliphatic heterocycles. The smallest absolute Gasteiger partial charge is 0.203 e. The third-order valence-electron chi connectivity index (χ3n) is 3.98. The summed E-state index contributed by atoms with van der Waals surface area (Å²) < 4.78 is 16.2. The molecule has 0 aliphatic rings. The SMILES string of the molecule is COc1cc(-c2cc3cc(C)ccc3c(N)n2)cc(OC)c1OC. The van der Waals surface area contributed by atoms with Crippen molar-refractivity contribution in [2.75, 3.05) is 27.1 Å². The molecule has 0 radical (unpaired) electrons. The Labute approximate surface area is 141 Å². The van der Waals surface area contributed by atoms with Crippen molar-refractivity contribution in [3.63, 3.8) is 0 Å². The van der Waals surface area contributed by atoms with Crippen molar-refractivity contribution in [1.82, 2.24) is 4.98 Å². The molecule has 0 unspecified atom stereocenters. The van der Waals surface area contributed by atoms with Crippen LogP contribution in [0, 0.1) is 6.92 Å². The third-order valence-corrected chi connectivity index (χ3v) is 3.98. The summed E-state index contributed by atoms with van der Waals surface area (Å²) in [4.78, 5) is 4.53. The van der Waals surface area contributed by atoms with Gasteiger partial charge >= 0.3 is 0 Å². The van der Waals surface area contributed by atoms with Crippen LogP contribution in [-0.4, -0.2) is 26.3 Å². The first-order valence-electron chi connectivity index (χ1n) is 7.54. The molecule has 0 fully saturated rings. The van der Waals surface area contributed by atoms with Gasteiger partial charge in [0.15, 0.2) is 11.5 Å². The summed E-state index contributed by atoms with van der Waals surface area (Å²) in [5.74, 6) is 2.21. The number of nitrogens with two attached hydrogens (primary N) is 1. The van der Waals surface area contributed by atoms with Crippen molar-refractivity contribution in [1.29, 1.82) is 0 Å². The average Bonchev–Trinajstić information content (AvgIpc) is 2.59. The molecule has 1 aromatic heterocycles. The summed E-state index contributed by atoms with van der Waals surface area (Å²) in [6, 6.07) is 11.9. The van der Waals surface area contributed by atoms with Gasteiger partial charge in [-0.25, -0.2) is 4.98 Å². The molecule has 0 aliphatic carbocycles. The number of nitrogens with zero attached hydrogens (tertiary/aromatic N) is 1. The molecule has 1 heterocycles. The Hall–Kier alpha value is -2.95. The van der Waals surface area contributed by atoms with E-state index in [4.69, 9.17) is 19.9 Å². The number of methoxy groups -OCH3 is 3. The van der Waals surface area contributed by atoms with Gasteiger partial charge in [0.05, 0.1) is 27.0 Å². The number of pyridine rings is 1. The molecule has 0 saturated heterocycles. The second-order valence-corrected chi connectivity index (χ2v) is 5.53. The lowest BCUT2D eigenvalue weighted by atomic mass is 10.0. The first kappa shape index (κ1) is 15.9. The fourth-order valence-electron chi connectivity index (χ4n) is 2.78. The standard InChI is InChI=1S/C19H20N2O3/c1-11-5-6-14-12(7-11)8-15(21-19(14)20)13-9-16(22-2)18(24-4)17(10-13)23-3/h5-10H,1-4H3,(H2,20,21). The molecule has 2 N–H and O–H groups in total. The van der Waals surface area contributed by atoms with E-state index in [-0.39, 0.29) is 0 Å². The molecule has 0 saturated carbocycles. The lowest BCUT2D eigenvalue weighted by Crippen LogP contribution is -1.98. The number of hydrogen-bond acceptors (Lipinski definition) is 5. The molecule has 0 atom stereocenters. The lowest BCUT2D eigenvalue weighted by Gasteiger charge is -2.14. The predicted molar refractivity (Wildman–Crippen MR) is 96.0 cm³/mol. The summed E-state index contributed by atoms with van der Waals surface area (Å²) in [5.41, 5.74) is 8.91. The Morgan fingerprint density at radius 2 is 1.54 bits per heavy atom. The van der Waals surface area contributed by atoms with E-state index in [0.29, 0.717) is 23.1 Å². The van der Waals surface area contributed by atoms with E-state index in [1.54, 1.807) is 21.3 Å². The highest BCUT2D eigenvalue weighted by molar-refractivity contribution is 5.94. The lowest BCUT2D eigenvalue weighted by molar-refractivity contribution is 0.324. The van der Waals surface area contributed by atoms with Gasteiger partial charge in [-0.3, -0.25) is 0 Å². The first-order valence-corrected chi connectivity index (χ1v) is 7.54. The summed E-state index contributed by atoms with van der Waals surface area (Å²) in [6.07, 6.45) is 0. The van der Waals surface area contributed by atoms with Crippen molar-refractivity contribution in [3.8, 4) is 28.5 Å². The van der Waals surface area contributed by atoms with E-state index >= 15 is 0 Å². The average molecular weight is 324 g/mol. The molecule has 3 aromatic rings. The highest BCUT2D eigenvalue weighted by Gasteiger charge is 2.15. The van der Waals surface area contributed by atoms with Crippen LogP contribution in [0.5, 0.6) is 17.2 Å². The van der Waals surface area contributed by atoms with E-state index in [2.05, 4.69) is 18.0 Å². The summed E-state index contributed by atoms with van der Waals surface area (Å²) in [7, 11) is 4.76. The maximum Gasteiger partial charge on any atom is 0.203 e. The molecule has 3 rings (SSSR count). The normalized spacial score (nSPS) is 10.7. The van der Waals surface area contributed by atoms with Crippen LogP contribution in [-0.2, 0) is 0 Å². The highest BCUT2D eigenvalue weighted by Crippen LogP contribution is 2.41. The van der Waals surface area contributed by atoms with Crippen molar-refractivity contribution >= 4 is 16.6 Å². The Bertz CT molecular complexity index is 881. The number of aryl methyl sites for hydroxylation is 1. The summed E-state index contributed by atoms with van der Waals surface area (Å²) in [5, 5.41) is 1.99. The van der Waals surface area contributed by atoms with E-state index in [9.17, 15) is 0 Å². The molecular formula is C19H20N2O3. The Morgan fingerprint density at radius 1 is 0.875 bits per heavy atom. The number of aromatic nitrogens is 1. The van der Waals surface area contributed by atoms with Gasteiger partial charge < -0.3 is 19.9 Å². The Balaban J connectivity index is 2.23. The number of benzene rings is 2. The highest BCUT2D eigenvalue weighted by atomic mass is 16.5. The van der Waals surface area contributed by atoms with Crippen molar-refractivity contribution in [3.05, 3.63) is 42.0 Å². The third kappa shape index (κ3) is 2.69. The van der Waals surface area contributed by atoms with Crippen LogP contribution < -0.4 is 19.9 Å². The van der Waals surface area contributed by atoms with Gasteiger partial charge in [-0.1, -0.05) is 23.8 Å². The summed E-state index contributed by atoms with van der Waals surface area (Å²) in [6.45, 7) is 2.05. The maximum absolute atomic E-state index is 6.14. The molecule has 5 nitrogen and oxygen atoms in total. The number of nitrogen functional groups attached to an aromatic ring is 1. The number of anilines is 1. The van der Waals surface area contributed by atoms with Crippen molar-refractivity contribution < 1.29 is 14.2 Å². The predicted octanol–water partition coefficient (Wildman–Crippen LogP) is 3.82. The molecule has 0 amide bonds. The minimum absolute atomic E-state index is 0.497. The quantitative estimate of drug-likeness (QED) is 0.790. The Morgan fingerprint density at radius 3 is 2.12 bits per heavy atom. The monoisotopic (exact) mass is 324 g/mol. The number of hydrogen-bond donors (Lipinski definition) is 1. The van der Waals surface area contributed by atoms with E-state index in [0.717, 1.165) is 22.0 Å². The number of fused-ring (bicyclic) bond motifs is 1. The van der Waals surface area contributed by atoms with Crippen LogP contribution in [0.1, 0.15) is 5.56 Å². The van der Waals surface area contributed by atoms with Crippen molar-refractivity contribution in [2.24, 2.45) is 0 Å². The van der Waals surface area contributed by atoms with E-state index in [1.165, 1.54) is 5.56 Å². The van der Waals surface area contributed by atoms with Crippen LogP contribution in [0.2, 0.25) is 0 Å². The van der Waals surface area contributed by atoms with Gasteiger partial charge in [-0.15, -0.1) is 0 Å². The van der Waals surface area contributed by atoms with Crippen LogP contribution in [0.3, 0.4) is 0 Å². The van der Waals surface area contributed by atoms with Gasteiger partial charge in [-0.05, 0) is 30.5 Å². The number of rotatable bonds is 4. The Kier molecular flexibility index (Phi) is 4.16. The largest absolute Gasteiger partial charge is 0.493 e. The molecule has 0 spiro atoms. The molecule has 2 aromatic carbocycles. The van der Waals surface area contributed by atoms with Gasteiger partial charge in [-0.2, -0.15) is 0 Å². The minimum Gasteiger partial charge on any atom is -0.493 e. The second-order valence-electron chi connectivity index (χ2n) is 5.53. The van der Waals surface area contributed by atoms with Crippen LogP contribution in [0.15, 0.2) is 36.4 Å². The fourth-order valence-corrected chi connectivity index (χ4v) is 2.78. The second kappa shape index (κ2) is 6.28. The van der Waals surface area contributed by atoms with Gasteiger partial charge in [0.2, 0.25) is 5.75 Å². The molecule has 124 valence electrons. The van der Waals surface area contributed by atoms with Crippen LogP contribution in [0.4, 0.5) is 5.82 Å². The zero-order valence-electron chi connectivity index (χ0n) is 14.2. The van der Waals surface area contributed by atoms with Gasteiger partial charge in [0.1, 0.15) is 5.82 Å². The number of ether oxygens (including phenoxy) is 3. The van der Waals surface area contributed by atoms with Crippen LogP contribution >= 0.6 is 0 Å². The molecule has 0 bridgehead atoms. The van der Waals surface area contributed by atoms with Crippen LogP contribution in [0.25, 0.3) is 22.0 Å². The van der Waals surface area contributed by atoms with E-state index in [1.807, 2.05) is 30.3 Å². The van der Waals surface area contributed by atoms with Crippen molar-refractivity contribution in [2.45, 2.75) is 6.92 Å². The molecular weight excluding hydrogens is 304 g/mol.